The SMILES string of the molecule is CC1Cn2ncc(-c3nc(-c4ccc(CN5CCC(O)C5)cc4)no3)c2-c2ccncc21. The minimum absolute atomic E-state index is 0.201. The van der Waals surface area contributed by atoms with Crippen LogP contribution in [0.5, 0.6) is 0 Å². The van der Waals surface area contributed by atoms with Crippen molar-refractivity contribution in [1.29, 1.82) is 0 Å². The Morgan fingerprint density at radius 2 is 1.97 bits per heavy atom. The lowest BCUT2D eigenvalue weighted by molar-refractivity contribution is 0.175. The molecular weight excluding hydrogens is 404 g/mol. The van der Waals surface area contributed by atoms with E-state index in [9.17, 15) is 5.11 Å². The van der Waals surface area contributed by atoms with E-state index in [2.05, 4.69) is 44.2 Å². The van der Waals surface area contributed by atoms with Gasteiger partial charge in [0.15, 0.2) is 0 Å². The standard InChI is InChI=1S/C24H24N6O2/c1-15-12-30-22(19-6-8-25-10-20(15)19)21(11-26-30)24-27-23(28-32-24)17-4-2-16(3-5-17)13-29-9-7-18(31)14-29/h2-6,8,10-11,15,18,31H,7,9,12-14H2,1H3. The number of aliphatic hydroxyl groups excluding tert-OH is 1. The monoisotopic (exact) mass is 428 g/mol. The van der Waals surface area contributed by atoms with Crippen molar-refractivity contribution in [3.63, 3.8) is 0 Å². The number of pyridine rings is 1. The first kappa shape index (κ1) is 19.3. The van der Waals surface area contributed by atoms with Crippen molar-refractivity contribution in [3.8, 4) is 34.1 Å². The van der Waals surface area contributed by atoms with Gasteiger partial charge in [0.1, 0.15) is 0 Å². The molecule has 4 aromatic rings. The molecule has 1 saturated heterocycles. The van der Waals surface area contributed by atoms with Crippen molar-refractivity contribution < 1.29 is 9.63 Å². The van der Waals surface area contributed by atoms with E-state index < -0.39 is 0 Å². The zero-order chi connectivity index (χ0) is 21.7. The van der Waals surface area contributed by atoms with E-state index >= 15 is 0 Å². The smallest absolute Gasteiger partial charge is 0.262 e. The molecule has 0 spiro atoms. The molecule has 0 aliphatic carbocycles. The molecule has 8 heteroatoms. The Morgan fingerprint density at radius 3 is 2.78 bits per heavy atom. The van der Waals surface area contributed by atoms with E-state index in [0.29, 0.717) is 17.6 Å². The Morgan fingerprint density at radius 1 is 1.09 bits per heavy atom. The highest BCUT2D eigenvalue weighted by Crippen LogP contribution is 2.40. The molecule has 162 valence electrons. The van der Waals surface area contributed by atoms with Gasteiger partial charge in [0, 0.05) is 55.6 Å². The predicted molar refractivity (Wildman–Crippen MR) is 119 cm³/mol. The second-order valence-electron chi connectivity index (χ2n) is 8.75. The summed E-state index contributed by atoms with van der Waals surface area (Å²) in [6, 6.07) is 10.2. The van der Waals surface area contributed by atoms with E-state index in [-0.39, 0.29) is 6.10 Å². The molecule has 8 nitrogen and oxygen atoms in total. The lowest BCUT2D eigenvalue weighted by atomic mass is 9.91. The average molecular weight is 428 g/mol. The number of β-amino-alcohol motifs (C(OH)–C–C–N with tert-alkyl or cyclic N) is 1. The van der Waals surface area contributed by atoms with E-state index in [0.717, 1.165) is 55.0 Å². The minimum atomic E-state index is -0.201. The van der Waals surface area contributed by atoms with Crippen LogP contribution in [0.3, 0.4) is 0 Å². The highest BCUT2D eigenvalue weighted by molar-refractivity contribution is 5.80. The Bertz CT molecular complexity index is 1260. The molecule has 5 heterocycles. The van der Waals surface area contributed by atoms with Gasteiger partial charge < -0.3 is 9.63 Å². The molecule has 3 aromatic heterocycles. The van der Waals surface area contributed by atoms with Gasteiger partial charge in [0.2, 0.25) is 5.82 Å². The van der Waals surface area contributed by atoms with Crippen LogP contribution in [0.25, 0.3) is 34.1 Å². The summed E-state index contributed by atoms with van der Waals surface area (Å²) in [5.74, 6) is 1.37. The highest BCUT2D eigenvalue weighted by Gasteiger charge is 2.28. The number of likely N-dealkylation sites (tertiary alicyclic amines) is 1. The lowest BCUT2D eigenvalue weighted by Gasteiger charge is -2.23. The van der Waals surface area contributed by atoms with Crippen molar-refractivity contribution in [2.75, 3.05) is 13.1 Å². The third-order valence-electron chi connectivity index (χ3n) is 6.45. The van der Waals surface area contributed by atoms with Crippen LogP contribution in [0.4, 0.5) is 0 Å². The number of hydrogen-bond donors (Lipinski definition) is 1. The van der Waals surface area contributed by atoms with Crippen LogP contribution in [-0.4, -0.2) is 54.1 Å². The topological polar surface area (TPSA) is 93.1 Å². The van der Waals surface area contributed by atoms with Gasteiger partial charge >= 0.3 is 0 Å². The normalized spacial score (nSPS) is 20.3. The molecule has 2 aliphatic heterocycles. The molecule has 1 aromatic carbocycles. The molecule has 1 N–H and O–H groups in total. The Kier molecular flexibility index (Phi) is 4.62. The van der Waals surface area contributed by atoms with Crippen molar-refractivity contribution in [3.05, 3.63) is 60.0 Å². The van der Waals surface area contributed by atoms with Crippen molar-refractivity contribution in [2.45, 2.75) is 38.5 Å². The van der Waals surface area contributed by atoms with Crippen molar-refractivity contribution in [2.24, 2.45) is 0 Å². The van der Waals surface area contributed by atoms with Crippen LogP contribution >= 0.6 is 0 Å². The van der Waals surface area contributed by atoms with E-state index in [1.54, 1.807) is 0 Å². The number of aromatic nitrogens is 5. The molecule has 2 unspecified atom stereocenters. The lowest BCUT2D eigenvalue weighted by Crippen LogP contribution is -2.21. The summed E-state index contributed by atoms with van der Waals surface area (Å²) >= 11 is 0. The van der Waals surface area contributed by atoms with Gasteiger partial charge in [-0.3, -0.25) is 14.6 Å². The third kappa shape index (κ3) is 3.32. The van der Waals surface area contributed by atoms with Gasteiger partial charge in [0.05, 0.1) is 23.6 Å². The van der Waals surface area contributed by atoms with Crippen molar-refractivity contribution in [1.82, 2.24) is 29.8 Å². The molecule has 0 saturated carbocycles. The molecule has 1 fully saturated rings. The second-order valence-corrected chi connectivity index (χ2v) is 8.75. The van der Waals surface area contributed by atoms with Crippen LogP contribution in [0.1, 0.15) is 30.4 Å². The van der Waals surface area contributed by atoms with Crippen LogP contribution < -0.4 is 0 Å². The van der Waals surface area contributed by atoms with Gasteiger partial charge in [0.25, 0.3) is 5.89 Å². The summed E-state index contributed by atoms with van der Waals surface area (Å²) in [4.78, 5) is 11.2. The number of nitrogens with zero attached hydrogens (tertiary/aromatic N) is 6. The molecule has 32 heavy (non-hydrogen) atoms. The van der Waals surface area contributed by atoms with Crippen LogP contribution in [0.15, 0.2) is 53.4 Å². The Balaban J connectivity index is 1.27. The molecule has 0 amide bonds. The summed E-state index contributed by atoms with van der Waals surface area (Å²) in [5.41, 5.74) is 6.28. The quantitative estimate of drug-likeness (QED) is 0.533. The number of rotatable bonds is 4. The maximum absolute atomic E-state index is 9.71. The zero-order valence-corrected chi connectivity index (χ0v) is 17.8. The van der Waals surface area contributed by atoms with Crippen LogP contribution in [-0.2, 0) is 13.1 Å². The predicted octanol–water partition coefficient (Wildman–Crippen LogP) is 3.35. The second kappa shape index (κ2) is 7.65. The van der Waals surface area contributed by atoms with E-state index in [1.165, 1.54) is 11.1 Å². The molecule has 2 atom stereocenters. The summed E-state index contributed by atoms with van der Waals surface area (Å²) in [5, 5.41) is 18.5. The van der Waals surface area contributed by atoms with E-state index in [4.69, 9.17) is 4.52 Å². The average Bonchev–Trinajstić information content (AvgIpc) is 3.54. The number of benzene rings is 1. The zero-order valence-electron chi connectivity index (χ0n) is 17.8. The first-order valence-corrected chi connectivity index (χ1v) is 11.0. The molecule has 6 rings (SSSR count). The molecule has 0 radical (unpaired) electrons. The number of hydrogen-bond acceptors (Lipinski definition) is 7. The molecule has 2 aliphatic rings. The van der Waals surface area contributed by atoms with Gasteiger partial charge in [-0.15, -0.1) is 0 Å². The highest BCUT2D eigenvalue weighted by atomic mass is 16.5. The molecule has 0 bridgehead atoms. The minimum Gasteiger partial charge on any atom is -0.392 e. The fourth-order valence-corrected chi connectivity index (χ4v) is 4.76. The number of fused-ring (bicyclic) bond motifs is 3. The van der Waals surface area contributed by atoms with Gasteiger partial charge in [-0.05, 0) is 23.6 Å². The molecular formula is C24H24N6O2. The summed E-state index contributed by atoms with van der Waals surface area (Å²) in [7, 11) is 0. The summed E-state index contributed by atoms with van der Waals surface area (Å²) in [6.07, 6.45) is 6.20. The van der Waals surface area contributed by atoms with Crippen LogP contribution in [0, 0.1) is 0 Å². The number of aliphatic hydroxyl groups is 1. The van der Waals surface area contributed by atoms with Crippen molar-refractivity contribution >= 4 is 0 Å². The largest absolute Gasteiger partial charge is 0.392 e. The summed E-state index contributed by atoms with van der Waals surface area (Å²) in [6.45, 7) is 5.49. The third-order valence-corrected chi connectivity index (χ3v) is 6.45. The maximum Gasteiger partial charge on any atom is 0.262 e. The fourth-order valence-electron chi connectivity index (χ4n) is 4.76. The Hall–Kier alpha value is -3.36. The first-order valence-electron chi connectivity index (χ1n) is 11.0. The summed E-state index contributed by atoms with van der Waals surface area (Å²) < 4.78 is 7.67. The van der Waals surface area contributed by atoms with E-state index in [1.807, 2.05) is 41.5 Å². The first-order chi connectivity index (χ1) is 15.7. The maximum atomic E-state index is 9.71. The van der Waals surface area contributed by atoms with Gasteiger partial charge in [-0.2, -0.15) is 10.1 Å². The fraction of sp³-hybridized carbons (Fsp3) is 0.333. The Labute approximate surface area is 185 Å². The van der Waals surface area contributed by atoms with Crippen LogP contribution in [0.2, 0.25) is 0 Å². The van der Waals surface area contributed by atoms with Gasteiger partial charge in [-0.25, -0.2) is 0 Å². The van der Waals surface area contributed by atoms with Gasteiger partial charge in [-0.1, -0.05) is 36.3 Å².